The highest BCUT2D eigenvalue weighted by molar-refractivity contribution is 6.35. The monoisotopic (exact) mass is 325 g/mol. The Morgan fingerprint density at radius 1 is 1.19 bits per heavy atom. The highest BCUT2D eigenvalue weighted by Crippen LogP contribution is 2.26. The summed E-state index contributed by atoms with van der Waals surface area (Å²) in [5.41, 5.74) is 7.04. The van der Waals surface area contributed by atoms with Crippen LogP contribution in [0.4, 0.5) is 5.69 Å². The second-order valence-corrected chi connectivity index (χ2v) is 5.05. The number of anilines is 1. The number of halogens is 2. The Morgan fingerprint density at radius 2 is 1.86 bits per heavy atom. The van der Waals surface area contributed by atoms with Gasteiger partial charge in [-0.25, -0.2) is 4.79 Å². The summed E-state index contributed by atoms with van der Waals surface area (Å²) in [6.45, 7) is -0.00989. The Bertz CT molecular complexity index is 654. The zero-order valence-corrected chi connectivity index (χ0v) is 12.7. The number of nitrogens with two attached hydrogens (primary N) is 1. The summed E-state index contributed by atoms with van der Waals surface area (Å²) in [6.07, 6.45) is 0. The fraction of sp³-hybridized carbons (Fsp3) is 0.133. The van der Waals surface area contributed by atoms with Crippen molar-refractivity contribution in [2.75, 3.05) is 12.8 Å². The van der Waals surface area contributed by atoms with E-state index in [-0.39, 0.29) is 6.61 Å². The van der Waals surface area contributed by atoms with E-state index in [2.05, 4.69) is 0 Å². The fourth-order valence-electron chi connectivity index (χ4n) is 1.73. The molecule has 0 aliphatic heterocycles. The molecule has 2 rings (SSSR count). The molecule has 6 heteroatoms. The first-order valence-corrected chi connectivity index (χ1v) is 6.82. The standard InChI is InChI=1S/C15H13Cl2NO3/c1-20-14-7-9(5-6-13(14)18)15(19)21-8-10-11(16)3-2-4-12(10)17/h2-7H,8,18H2,1H3. The molecule has 21 heavy (non-hydrogen) atoms. The molecule has 0 fully saturated rings. The van der Waals surface area contributed by atoms with Crippen LogP contribution < -0.4 is 10.5 Å². The third-order valence-corrected chi connectivity index (χ3v) is 3.59. The Labute approximate surface area is 132 Å². The number of esters is 1. The number of carbonyl (C=O) groups is 1. The number of ether oxygens (including phenoxy) is 2. The van der Waals surface area contributed by atoms with E-state index in [1.807, 2.05) is 0 Å². The van der Waals surface area contributed by atoms with Crippen LogP contribution >= 0.6 is 23.2 Å². The van der Waals surface area contributed by atoms with Crippen LogP contribution in [0.25, 0.3) is 0 Å². The van der Waals surface area contributed by atoms with E-state index in [4.69, 9.17) is 38.4 Å². The van der Waals surface area contributed by atoms with Crippen molar-refractivity contribution in [3.05, 3.63) is 57.6 Å². The molecule has 0 amide bonds. The first kappa shape index (κ1) is 15.5. The molecule has 0 heterocycles. The summed E-state index contributed by atoms with van der Waals surface area (Å²) in [6, 6.07) is 9.75. The van der Waals surface area contributed by atoms with Crippen molar-refractivity contribution in [1.29, 1.82) is 0 Å². The van der Waals surface area contributed by atoms with Gasteiger partial charge in [0.1, 0.15) is 12.4 Å². The van der Waals surface area contributed by atoms with Crippen LogP contribution in [0.3, 0.4) is 0 Å². The molecule has 110 valence electrons. The number of carbonyl (C=O) groups excluding carboxylic acids is 1. The van der Waals surface area contributed by atoms with Crippen molar-refractivity contribution in [3.8, 4) is 5.75 Å². The van der Waals surface area contributed by atoms with Gasteiger partial charge in [0, 0.05) is 15.6 Å². The van der Waals surface area contributed by atoms with Gasteiger partial charge in [-0.3, -0.25) is 0 Å². The highest BCUT2D eigenvalue weighted by Gasteiger charge is 2.13. The lowest BCUT2D eigenvalue weighted by molar-refractivity contribution is 0.0472. The second-order valence-electron chi connectivity index (χ2n) is 4.23. The van der Waals surface area contributed by atoms with E-state index in [0.717, 1.165) is 0 Å². The molecule has 0 aliphatic carbocycles. The van der Waals surface area contributed by atoms with E-state index in [0.29, 0.717) is 32.6 Å². The minimum Gasteiger partial charge on any atom is -0.495 e. The summed E-state index contributed by atoms with van der Waals surface area (Å²) in [5, 5.41) is 0.898. The van der Waals surface area contributed by atoms with Gasteiger partial charge < -0.3 is 15.2 Å². The predicted molar refractivity (Wildman–Crippen MR) is 83.0 cm³/mol. The van der Waals surface area contributed by atoms with Crippen molar-refractivity contribution in [2.24, 2.45) is 0 Å². The van der Waals surface area contributed by atoms with E-state index < -0.39 is 5.97 Å². The van der Waals surface area contributed by atoms with E-state index >= 15 is 0 Å². The van der Waals surface area contributed by atoms with Gasteiger partial charge >= 0.3 is 5.97 Å². The fourth-order valence-corrected chi connectivity index (χ4v) is 2.24. The number of nitrogen functional groups attached to an aromatic ring is 1. The van der Waals surface area contributed by atoms with Crippen LogP contribution in [0.15, 0.2) is 36.4 Å². The predicted octanol–water partition coefficient (Wildman–Crippen LogP) is 3.94. The van der Waals surface area contributed by atoms with E-state index in [9.17, 15) is 4.79 Å². The summed E-state index contributed by atoms with van der Waals surface area (Å²) in [5.74, 6) is -0.0930. The maximum absolute atomic E-state index is 12.0. The maximum Gasteiger partial charge on any atom is 0.338 e. The van der Waals surface area contributed by atoms with Crippen molar-refractivity contribution in [3.63, 3.8) is 0 Å². The minimum absolute atomic E-state index is 0.00989. The summed E-state index contributed by atoms with van der Waals surface area (Å²) in [7, 11) is 1.48. The molecule has 0 aromatic heterocycles. The Kier molecular flexibility index (Phi) is 4.94. The molecule has 0 aliphatic rings. The molecular formula is C15H13Cl2NO3. The average Bonchev–Trinajstić information content (AvgIpc) is 2.47. The second kappa shape index (κ2) is 6.70. The molecule has 2 aromatic carbocycles. The van der Waals surface area contributed by atoms with Gasteiger partial charge in [0.05, 0.1) is 18.4 Å². The SMILES string of the molecule is COc1cc(C(=O)OCc2c(Cl)cccc2Cl)ccc1N. The van der Waals surface area contributed by atoms with Gasteiger partial charge in [0.2, 0.25) is 0 Å². The number of benzene rings is 2. The Balaban J connectivity index is 2.12. The van der Waals surface area contributed by atoms with Crippen LogP contribution in [0.5, 0.6) is 5.75 Å². The first-order chi connectivity index (χ1) is 10.0. The van der Waals surface area contributed by atoms with Crippen molar-refractivity contribution in [1.82, 2.24) is 0 Å². The van der Waals surface area contributed by atoms with Crippen LogP contribution in [-0.4, -0.2) is 13.1 Å². The summed E-state index contributed by atoms with van der Waals surface area (Å²) >= 11 is 12.0. The smallest absolute Gasteiger partial charge is 0.338 e. The van der Waals surface area contributed by atoms with E-state index in [1.165, 1.54) is 13.2 Å². The lowest BCUT2D eigenvalue weighted by Crippen LogP contribution is -2.06. The molecule has 2 aromatic rings. The Morgan fingerprint density at radius 3 is 2.48 bits per heavy atom. The van der Waals surface area contributed by atoms with Crippen LogP contribution in [0.1, 0.15) is 15.9 Å². The number of methoxy groups -OCH3 is 1. The molecule has 2 N–H and O–H groups in total. The van der Waals surface area contributed by atoms with Gasteiger partial charge in [-0.2, -0.15) is 0 Å². The number of hydrogen-bond acceptors (Lipinski definition) is 4. The molecule has 0 bridgehead atoms. The first-order valence-electron chi connectivity index (χ1n) is 6.06. The number of rotatable bonds is 4. The van der Waals surface area contributed by atoms with Gasteiger partial charge in [-0.15, -0.1) is 0 Å². The zero-order chi connectivity index (χ0) is 15.4. The molecule has 0 saturated carbocycles. The topological polar surface area (TPSA) is 61.5 Å². The minimum atomic E-state index is -0.510. The van der Waals surface area contributed by atoms with Crippen molar-refractivity contribution < 1.29 is 14.3 Å². The van der Waals surface area contributed by atoms with Crippen molar-refractivity contribution in [2.45, 2.75) is 6.61 Å². The molecule has 4 nitrogen and oxygen atoms in total. The van der Waals surface area contributed by atoms with Crippen molar-refractivity contribution >= 4 is 34.9 Å². The molecular weight excluding hydrogens is 313 g/mol. The molecule has 0 radical (unpaired) electrons. The third kappa shape index (κ3) is 3.60. The molecule has 0 spiro atoms. The molecule has 0 saturated heterocycles. The van der Waals surface area contributed by atoms with Crippen LogP contribution in [-0.2, 0) is 11.3 Å². The third-order valence-electron chi connectivity index (χ3n) is 2.88. The van der Waals surface area contributed by atoms with Crippen LogP contribution in [0, 0.1) is 0 Å². The quantitative estimate of drug-likeness (QED) is 0.683. The Hall–Kier alpha value is -1.91. The van der Waals surface area contributed by atoms with Gasteiger partial charge in [-0.05, 0) is 30.3 Å². The van der Waals surface area contributed by atoms with Gasteiger partial charge in [-0.1, -0.05) is 29.3 Å². The lowest BCUT2D eigenvalue weighted by Gasteiger charge is -2.10. The van der Waals surface area contributed by atoms with Gasteiger partial charge in [0.15, 0.2) is 0 Å². The zero-order valence-electron chi connectivity index (χ0n) is 11.2. The lowest BCUT2D eigenvalue weighted by atomic mass is 10.2. The largest absolute Gasteiger partial charge is 0.495 e. The van der Waals surface area contributed by atoms with E-state index in [1.54, 1.807) is 30.3 Å². The molecule has 0 atom stereocenters. The molecule has 0 unspecified atom stereocenters. The number of hydrogen-bond donors (Lipinski definition) is 1. The van der Waals surface area contributed by atoms with Crippen LogP contribution in [0.2, 0.25) is 10.0 Å². The highest BCUT2D eigenvalue weighted by atomic mass is 35.5. The maximum atomic E-state index is 12.0. The summed E-state index contributed by atoms with van der Waals surface area (Å²) < 4.78 is 10.3. The summed E-state index contributed by atoms with van der Waals surface area (Å²) in [4.78, 5) is 12.0. The van der Waals surface area contributed by atoms with Gasteiger partial charge in [0.25, 0.3) is 0 Å². The normalized spacial score (nSPS) is 10.2. The average molecular weight is 326 g/mol.